The highest BCUT2D eigenvalue weighted by Gasteiger charge is 2.04. The molecule has 0 saturated carbocycles. The van der Waals surface area contributed by atoms with Crippen LogP contribution in [0.5, 0.6) is 0 Å². The van der Waals surface area contributed by atoms with Gasteiger partial charge in [0, 0.05) is 24.3 Å². The molecule has 0 bridgehead atoms. The molecule has 0 aliphatic rings. The van der Waals surface area contributed by atoms with Crippen LogP contribution in [0, 0.1) is 0 Å². The Kier molecular flexibility index (Phi) is 4.76. The summed E-state index contributed by atoms with van der Waals surface area (Å²) in [5.41, 5.74) is 1.07. The number of unbranched alkanes of at least 4 members (excludes halogenated alkanes) is 3. The lowest BCUT2D eigenvalue weighted by molar-refractivity contribution is 0.660. The summed E-state index contributed by atoms with van der Waals surface area (Å²) in [5, 5.41) is 0. The lowest BCUT2D eigenvalue weighted by Gasteiger charge is -2.02. The normalized spacial score (nSPS) is 10.5. The van der Waals surface area contributed by atoms with Gasteiger partial charge in [0.2, 0.25) is 0 Å². The summed E-state index contributed by atoms with van der Waals surface area (Å²) in [7, 11) is 0. The van der Waals surface area contributed by atoms with E-state index in [1.807, 2.05) is 6.07 Å². The van der Waals surface area contributed by atoms with E-state index in [-0.39, 0.29) is 0 Å². The highest BCUT2D eigenvalue weighted by atomic mass is 15.0. The molecule has 0 spiro atoms. The van der Waals surface area contributed by atoms with Crippen LogP contribution in [-0.2, 0) is 6.42 Å². The van der Waals surface area contributed by atoms with Gasteiger partial charge in [-0.25, -0.2) is 19.9 Å². The average Bonchev–Trinajstić information content (AvgIpc) is 2.45. The molecule has 2 rings (SSSR count). The molecule has 0 radical (unpaired) electrons. The van der Waals surface area contributed by atoms with Gasteiger partial charge < -0.3 is 0 Å². The fourth-order valence-electron chi connectivity index (χ4n) is 1.79. The molecule has 0 amide bonds. The minimum atomic E-state index is 0.591. The second kappa shape index (κ2) is 6.79. The summed E-state index contributed by atoms with van der Waals surface area (Å²) in [6.07, 6.45) is 11.2. The molecular formula is C14H18N4. The van der Waals surface area contributed by atoms with E-state index in [9.17, 15) is 0 Å². The summed E-state index contributed by atoms with van der Waals surface area (Å²) in [6.45, 7) is 2.22. The van der Waals surface area contributed by atoms with Gasteiger partial charge in [-0.15, -0.1) is 0 Å². The van der Waals surface area contributed by atoms with E-state index in [0.29, 0.717) is 11.6 Å². The second-order valence-electron chi connectivity index (χ2n) is 4.25. The van der Waals surface area contributed by atoms with E-state index in [2.05, 4.69) is 26.9 Å². The Balaban J connectivity index is 2.02. The molecule has 18 heavy (non-hydrogen) atoms. The van der Waals surface area contributed by atoms with Crippen LogP contribution in [0.4, 0.5) is 0 Å². The van der Waals surface area contributed by atoms with Crippen LogP contribution in [0.2, 0.25) is 0 Å². The van der Waals surface area contributed by atoms with E-state index in [1.54, 1.807) is 24.7 Å². The monoisotopic (exact) mass is 242 g/mol. The lowest BCUT2D eigenvalue weighted by Crippen LogP contribution is -1.98. The standard InChI is InChI=1S/C14H18N4/c1-2-3-4-5-7-12-8-11-17-14(18-12)13-15-9-6-10-16-13/h6,8-11H,2-5,7H2,1H3. The Morgan fingerprint density at radius 1 is 0.889 bits per heavy atom. The molecule has 4 heteroatoms. The third-order valence-electron chi connectivity index (χ3n) is 2.77. The maximum atomic E-state index is 4.50. The minimum absolute atomic E-state index is 0.591. The molecule has 94 valence electrons. The fourth-order valence-corrected chi connectivity index (χ4v) is 1.79. The molecule has 0 atom stereocenters. The van der Waals surface area contributed by atoms with Crippen molar-refractivity contribution in [3.63, 3.8) is 0 Å². The zero-order chi connectivity index (χ0) is 12.6. The molecule has 0 aromatic carbocycles. The van der Waals surface area contributed by atoms with E-state index < -0.39 is 0 Å². The summed E-state index contributed by atoms with van der Waals surface area (Å²) in [6, 6.07) is 3.76. The molecule has 2 heterocycles. The number of nitrogens with zero attached hydrogens (tertiary/aromatic N) is 4. The van der Waals surface area contributed by atoms with Gasteiger partial charge in [-0.3, -0.25) is 0 Å². The number of aromatic nitrogens is 4. The summed E-state index contributed by atoms with van der Waals surface area (Å²) < 4.78 is 0. The molecule has 0 fully saturated rings. The van der Waals surface area contributed by atoms with Crippen LogP contribution in [-0.4, -0.2) is 19.9 Å². The maximum Gasteiger partial charge on any atom is 0.197 e. The van der Waals surface area contributed by atoms with Gasteiger partial charge in [-0.05, 0) is 25.0 Å². The Morgan fingerprint density at radius 3 is 2.44 bits per heavy atom. The van der Waals surface area contributed by atoms with Crippen LogP contribution in [0.1, 0.15) is 38.3 Å². The van der Waals surface area contributed by atoms with Crippen molar-refractivity contribution < 1.29 is 0 Å². The van der Waals surface area contributed by atoms with Gasteiger partial charge in [-0.2, -0.15) is 0 Å². The summed E-state index contributed by atoms with van der Waals surface area (Å²) >= 11 is 0. The van der Waals surface area contributed by atoms with Crippen molar-refractivity contribution in [1.29, 1.82) is 0 Å². The number of hydrogen-bond acceptors (Lipinski definition) is 4. The highest BCUT2D eigenvalue weighted by molar-refractivity contribution is 5.41. The SMILES string of the molecule is CCCCCCc1ccnc(-c2ncccn2)n1. The van der Waals surface area contributed by atoms with E-state index in [0.717, 1.165) is 12.1 Å². The number of rotatable bonds is 6. The van der Waals surface area contributed by atoms with Gasteiger partial charge in [0.15, 0.2) is 11.6 Å². The molecule has 0 N–H and O–H groups in total. The van der Waals surface area contributed by atoms with Crippen molar-refractivity contribution in [3.8, 4) is 11.6 Å². The lowest BCUT2D eigenvalue weighted by atomic mass is 10.1. The molecule has 0 unspecified atom stereocenters. The summed E-state index contributed by atoms with van der Waals surface area (Å²) in [4.78, 5) is 17.0. The van der Waals surface area contributed by atoms with E-state index >= 15 is 0 Å². The van der Waals surface area contributed by atoms with Gasteiger partial charge >= 0.3 is 0 Å². The zero-order valence-electron chi connectivity index (χ0n) is 10.7. The van der Waals surface area contributed by atoms with E-state index in [1.165, 1.54) is 25.7 Å². The van der Waals surface area contributed by atoms with Crippen molar-refractivity contribution in [1.82, 2.24) is 19.9 Å². The van der Waals surface area contributed by atoms with Crippen LogP contribution >= 0.6 is 0 Å². The quantitative estimate of drug-likeness (QED) is 0.730. The predicted octanol–water partition coefficient (Wildman–Crippen LogP) is 3.06. The van der Waals surface area contributed by atoms with Crippen molar-refractivity contribution >= 4 is 0 Å². The average molecular weight is 242 g/mol. The third kappa shape index (κ3) is 3.58. The predicted molar refractivity (Wildman–Crippen MR) is 70.9 cm³/mol. The maximum absolute atomic E-state index is 4.50. The molecule has 0 saturated heterocycles. The van der Waals surface area contributed by atoms with Crippen molar-refractivity contribution in [3.05, 3.63) is 36.4 Å². The fraction of sp³-hybridized carbons (Fsp3) is 0.429. The van der Waals surface area contributed by atoms with Crippen molar-refractivity contribution in [2.45, 2.75) is 39.0 Å². The van der Waals surface area contributed by atoms with Gasteiger partial charge in [-0.1, -0.05) is 26.2 Å². The first-order valence-electron chi connectivity index (χ1n) is 6.49. The van der Waals surface area contributed by atoms with E-state index in [4.69, 9.17) is 0 Å². The van der Waals surface area contributed by atoms with Crippen molar-refractivity contribution in [2.75, 3.05) is 0 Å². The second-order valence-corrected chi connectivity index (χ2v) is 4.25. The Bertz CT molecular complexity index is 470. The van der Waals surface area contributed by atoms with Gasteiger partial charge in [0.05, 0.1) is 0 Å². The molecular weight excluding hydrogens is 224 g/mol. The number of hydrogen-bond donors (Lipinski definition) is 0. The van der Waals surface area contributed by atoms with Crippen LogP contribution < -0.4 is 0 Å². The zero-order valence-corrected chi connectivity index (χ0v) is 10.7. The Hall–Kier alpha value is -1.84. The minimum Gasteiger partial charge on any atom is -0.234 e. The largest absolute Gasteiger partial charge is 0.234 e. The molecule has 0 aliphatic carbocycles. The van der Waals surface area contributed by atoms with Gasteiger partial charge in [0.1, 0.15) is 0 Å². The first-order valence-corrected chi connectivity index (χ1v) is 6.49. The highest BCUT2D eigenvalue weighted by Crippen LogP contribution is 2.10. The molecule has 0 aliphatic heterocycles. The van der Waals surface area contributed by atoms with Crippen LogP contribution in [0.3, 0.4) is 0 Å². The Labute approximate surface area is 108 Å². The van der Waals surface area contributed by atoms with Crippen molar-refractivity contribution in [2.24, 2.45) is 0 Å². The first-order chi connectivity index (χ1) is 8.90. The molecule has 2 aromatic rings. The topological polar surface area (TPSA) is 51.6 Å². The Morgan fingerprint density at radius 2 is 1.67 bits per heavy atom. The van der Waals surface area contributed by atoms with Crippen LogP contribution in [0.15, 0.2) is 30.7 Å². The van der Waals surface area contributed by atoms with Crippen LogP contribution in [0.25, 0.3) is 11.6 Å². The third-order valence-corrected chi connectivity index (χ3v) is 2.77. The van der Waals surface area contributed by atoms with Gasteiger partial charge in [0.25, 0.3) is 0 Å². The summed E-state index contributed by atoms with van der Waals surface area (Å²) in [5.74, 6) is 1.21. The first kappa shape index (κ1) is 12.6. The molecule has 4 nitrogen and oxygen atoms in total. The number of aryl methyl sites for hydroxylation is 1. The molecule has 2 aromatic heterocycles. The smallest absolute Gasteiger partial charge is 0.197 e.